The van der Waals surface area contributed by atoms with E-state index >= 15 is 0 Å². The minimum absolute atomic E-state index is 0.0709. The number of hydrogen-bond donors (Lipinski definition) is 3. The third kappa shape index (κ3) is 6.93. The number of nitrogens with one attached hydrogen (secondary N) is 3. The van der Waals surface area contributed by atoms with Crippen molar-refractivity contribution in [2.45, 2.75) is 20.3 Å². The molecule has 2 aromatic rings. The van der Waals surface area contributed by atoms with Gasteiger partial charge in [0, 0.05) is 30.3 Å². The lowest BCUT2D eigenvalue weighted by Gasteiger charge is -2.09. The van der Waals surface area contributed by atoms with E-state index in [1.54, 1.807) is 24.3 Å². The highest BCUT2D eigenvalue weighted by atomic mass is 16.2. The standard InChI is InChI=1S/C21H25N3O3/c1-15(2)20(26)24-18-10-8-17(9-11-18)21(27)23-13-12-22-19(25)14-16-6-4-3-5-7-16/h3-11,15H,12-14H2,1-2H3,(H,22,25)(H,23,27)(H,24,26). The molecule has 0 spiro atoms. The fraction of sp³-hybridized carbons (Fsp3) is 0.286. The van der Waals surface area contributed by atoms with E-state index in [1.165, 1.54) is 0 Å². The molecule has 0 bridgehead atoms. The summed E-state index contributed by atoms with van der Waals surface area (Å²) in [5.74, 6) is -0.488. The Kier molecular flexibility index (Phi) is 7.55. The van der Waals surface area contributed by atoms with Crippen molar-refractivity contribution in [3.05, 3.63) is 65.7 Å². The summed E-state index contributed by atoms with van der Waals surface area (Å²) < 4.78 is 0. The second kappa shape index (κ2) is 10.1. The summed E-state index contributed by atoms with van der Waals surface area (Å²) in [5, 5.41) is 8.31. The van der Waals surface area contributed by atoms with Crippen LogP contribution >= 0.6 is 0 Å². The van der Waals surface area contributed by atoms with E-state index in [4.69, 9.17) is 0 Å². The second-order valence-electron chi connectivity index (χ2n) is 6.49. The monoisotopic (exact) mass is 367 g/mol. The second-order valence-corrected chi connectivity index (χ2v) is 6.49. The molecule has 0 atom stereocenters. The zero-order valence-corrected chi connectivity index (χ0v) is 15.6. The van der Waals surface area contributed by atoms with Gasteiger partial charge >= 0.3 is 0 Å². The molecular formula is C21H25N3O3. The average molecular weight is 367 g/mol. The molecule has 27 heavy (non-hydrogen) atoms. The molecule has 0 aliphatic rings. The van der Waals surface area contributed by atoms with Crippen LogP contribution in [0.5, 0.6) is 0 Å². The van der Waals surface area contributed by atoms with E-state index in [0.717, 1.165) is 5.56 Å². The number of rotatable bonds is 8. The predicted molar refractivity (Wildman–Crippen MR) is 105 cm³/mol. The van der Waals surface area contributed by atoms with Gasteiger partial charge in [-0.15, -0.1) is 0 Å². The zero-order valence-electron chi connectivity index (χ0n) is 15.6. The number of benzene rings is 2. The van der Waals surface area contributed by atoms with Crippen LogP contribution < -0.4 is 16.0 Å². The summed E-state index contributed by atoms with van der Waals surface area (Å²) in [6.07, 6.45) is 0.318. The first-order valence-electron chi connectivity index (χ1n) is 8.95. The molecule has 6 heteroatoms. The number of anilines is 1. The number of carbonyl (C=O) groups excluding carboxylic acids is 3. The van der Waals surface area contributed by atoms with Crippen LogP contribution in [0.2, 0.25) is 0 Å². The molecule has 0 heterocycles. The Morgan fingerprint density at radius 2 is 1.48 bits per heavy atom. The lowest BCUT2D eigenvalue weighted by atomic mass is 10.1. The molecule has 3 N–H and O–H groups in total. The SMILES string of the molecule is CC(C)C(=O)Nc1ccc(C(=O)NCCNC(=O)Cc2ccccc2)cc1. The van der Waals surface area contributed by atoms with Gasteiger partial charge < -0.3 is 16.0 Å². The van der Waals surface area contributed by atoms with E-state index in [1.807, 2.05) is 44.2 Å². The Balaban J connectivity index is 1.71. The number of hydrogen-bond acceptors (Lipinski definition) is 3. The molecule has 0 unspecified atom stereocenters. The van der Waals surface area contributed by atoms with Crippen molar-refractivity contribution in [2.75, 3.05) is 18.4 Å². The largest absolute Gasteiger partial charge is 0.354 e. The maximum atomic E-state index is 12.1. The molecule has 2 rings (SSSR count). The van der Waals surface area contributed by atoms with Gasteiger partial charge in [0.05, 0.1) is 6.42 Å². The Labute approximate surface area is 159 Å². The lowest BCUT2D eigenvalue weighted by Crippen LogP contribution is -2.35. The van der Waals surface area contributed by atoms with Gasteiger partial charge in [-0.1, -0.05) is 44.2 Å². The third-order valence-corrected chi connectivity index (χ3v) is 3.88. The highest BCUT2D eigenvalue weighted by Gasteiger charge is 2.09. The van der Waals surface area contributed by atoms with Crippen molar-refractivity contribution in [3.8, 4) is 0 Å². The molecular weight excluding hydrogens is 342 g/mol. The van der Waals surface area contributed by atoms with Crippen LogP contribution in [0.15, 0.2) is 54.6 Å². The molecule has 0 aromatic heterocycles. The van der Waals surface area contributed by atoms with Crippen LogP contribution in [0.25, 0.3) is 0 Å². The van der Waals surface area contributed by atoms with Gasteiger partial charge in [-0.25, -0.2) is 0 Å². The summed E-state index contributed by atoms with van der Waals surface area (Å²) in [6.45, 7) is 4.33. The number of carbonyl (C=O) groups is 3. The summed E-state index contributed by atoms with van der Waals surface area (Å²) >= 11 is 0. The van der Waals surface area contributed by atoms with Gasteiger partial charge in [0.25, 0.3) is 5.91 Å². The van der Waals surface area contributed by atoms with E-state index in [-0.39, 0.29) is 23.6 Å². The highest BCUT2D eigenvalue weighted by molar-refractivity contribution is 5.96. The van der Waals surface area contributed by atoms with Gasteiger partial charge in [-0.05, 0) is 29.8 Å². The van der Waals surface area contributed by atoms with Crippen LogP contribution in [-0.4, -0.2) is 30.8 Å². The van der Waals surface area contributed by atoms with Crippen molar-refractivity contribution in [1.82, 2.24) is 10.6 Å². The van der Waals surface area contributed by atoms with Crippen molar-refractivity contribution >= 4 is 23.4 Å². The molecule has 0 aliphatic heterocycles. The van der Waals surface area contributed by atoms with Crippen LogP contribution in [0.3, 0.4) is 0 Å². The summed E-state index contributed by atoms with van der Waals surface area (Å²) in [5.41, 5.74) is 2.09. The summed E-state index contributed by atoms with van der Waals surface area (Å²) in [7, 11) is 0. The predicted octanol–water partition coefficient (Wildman–Crippen LogP) is 2.37. The fourth-order valence-electron chi connectivity index (χ4n) is 2.32. The molecule has 0 saturated carbocycles. The smallest absolute Gasteiger partial charge is 0.251 e. The molecule has 0 aliphatic carbocycles. The van der Waals surface area contributed by atoms with Crippen LogP contribution in [-0.2, 0) is 16.0 Å². The van der Waals surface area contributed by atoms with E-state index in [9.17, 15) is 14.4 Å². The normalized spacial score (nSPS) is 10.3. The lowest BCUT2D eigenvalue weighted by molar-refractivity contribution is -0.120. The van der Waals surface area contributed by atoms with Gasteiger partial charge in [-0.2, -0.15) is 0 Å². The Morgan fingerprint density at radius 1 is 0.852 bits per heavy atom. The first kappa shape index (κ1) is 20.2. The van der Waals surface area contributed by atoms with Gasteiger partial charge in [-0.3, -0.25) is 14.4 Å². The van der Waals surface area contributed by atoms with Gasteiger partial charge in [0.1, 0.15) is 0 Å². The Morgan fingerprint density at radius 3 is 2.11 bits per heavy atom. The fourth-order valence-corrected chi connectivity index (χ4v) is 2.32. The molecule has 0 radical (unpaired) electrons. The number of amides is 3. The topological polar surface area (TPSA) is 87.3 Å². The van der Waals surface area contributed by atoms with E-state index < -0.39 is 0 Å². The van der Waals surface area contributed by atoms with Gasteiger partial charge in [0.2, 0.25) is 11.8 Å². The summed E-state index contributed by atoms with van der Waals surface area (Å²) in [4.78, 5) is 35.6. The quantitative estimate of drug-likeness (QED) is 0.626. The molecule has 2 aromatic carbocycles. The zero-order chi connectivity index (χ0) is 19.6. The van der Waals surface area contributed by atoms with Crippen LogP contribution in [0.1, 0.15) is 29.8 Å². The van der Waals surface area contributed by atoms with Crippen molar-refractivity contribution < 1.29 is 14.4 Å². The van der Waals surface area contributed by atoms with Crippen molar-refractivity contribution in [2.24, 2.45) is 5.92 Å². The maximum absolute atomic E-state index is 12.1. The highest BCUT2D eigenvalue weighted by Crippen LogP contribution is 2.11. The first-order valence-corrected chi connectivity index (χ1v) is 8.95. The van der Waals surface area contributed by atoms with Gasteiger partial charge in [0.15, 0.2) is 0 Å². The molecule has 0 fully saturated rings. The summed E-state index contributed by atoms with van der Waals surface area (Å²) in [6, 6.07) is 16.2. The van der Waals surface area contributed by atoms with Crippen molar-refractivity contribution in [3.63, 3.8) is 0 Å². The molecule has 6 nitrogen and oxygen atoms in total. The van der Waals surface area contributed by atoms with Crippen molar-refractivity contribution in [1.29, 1.82) is 0 Å². The molecule has 0 saturated heterocycles. The van der Waals surface area contributed by atoms with Crippen LogP contribution in [0.4, 0.5) is 5.69 Å². The van der Waals surface area contributed by atoms with Crippen LogP contribution in [0, 0.1) is 5.92 Å². The Hall–Kier alpha value is -3.15. The Bertz CT molecular complexity index is 771. The maximum Gasteiger partial charge on any atom is 0.251 e. The minimum Gasteiger partial charge on any atom is -0.354 e. The molecule has 3 amide bonds. The van der Waals surface area contributed by atoms with E-state index in [0.29, 0.717) is 30.8 Å². The first-order chi connectivity index (χ1) is 13.0. The molecule has 142 valence electrons. The van der Waals surface area contributed by atoms with E-state index in [2.05, 4.69) is 16.0 Å². The third-order valence-electron chi connectivity index (χ3n) is 3.88. The average Bonchev–Trinajstić information content (AvgIpc) is 2.66. The minimum atomic E-state index is -0.228.